The van der Waals surface area contributed by atoms with Gasteiger partial charge in [-0.25, -0.2) is 0 Å². The van der Waals surface area contributed by atoms with Crippen LogP contribution in [-0.4, -0.2) is 6.54 Å². The summed E-state index contributed by atoms with van der Waals surface area (Å²) in [4.78, 5) is 0. The van der Waals surface area contributed by atoms with Crippen molar-refractivity contribution in [3.63, 3.8) is 0 Å². The maximum Gasteiger partial charge on any atom is 0.0595 e. The lowest BCUT2D eigenvalue weighted by molar-refractivity contribution is 0.395. The van der Waals surface area contributed by atoms with Gasteiger partial charge in [0.25, 0.3) is 0 Å². The lowest BCUT2D eigenvalue weighted by atomic mass is 9.93. The fourth-order valence-electron chi connectivity index (χ4n) is 2.37. The number of nitrogens with one attached hydrogen (secondary N) is 1. The molecule has 0 aliphatic carbocycles. The Morgan fingerprint density at radius 2 is 2.06 bits per heavy atom. The number of halogens is 2. The molecule has 0 amide bonds. The Morgan fingerprint density at radius 3 is 2.67 bits per heavy atom. The molecule has 1 nitrogen and oxygen atoms in total. The van der Waals surface area contributed by atoms with Crippen LogP contribution in [0, 0.1) is 5.92 Å². The summed E-state index contributed by atoms with van der Waals surface area (Å²) in [7, 11) is 0. The maximum atomic E-state index is 6.40. The van der Waals surface area contributed by atoms with Crippen LogP contribution in [0.3, 0.4) is 0 Å². The van der Waals surface area contributed by atoms with E-state index in [9.17, 15) is 0 Å². The number of hydrogen-bond acceptors (Lipinski definition) is 1. The van der Waals surface area contributed by atoms with E-state index in [1.807, 2.05) is 6.07 Å². The molecule has 0 radical (unpaired) electrons. The van der Waals surface area contributed by atoms with Crippen LogP contribution in [0.25, 0.3) is 0 Å². The molecule has 0 saturated heterocycles. The smallest absolute Gasteiger partial charge is 0.0595 e. The molecular weight excluding hydrogens is 310 g/mol. The van der Waals surface area contributed by atoms with Crippen LogP contribution in [0.15, 0.2) is 22.7 Å². The lowest BCUT2D eigenvalue weighted by Gasteiger charge is -2.23. The molecule has 1 aromatic carbocycles. The van der Waals surface area contributed by atoms with E-state index in [1.54, 1.807) is 0 Å². The topological polar surface area (TPSA) is 12.0 Å². The standard InChI is InChI=1S/C15H23BrClN/c1-4-7-11(3)10-14(18-5-2)12-8-6-9-13(16)15(12)17/h6,8-9,11,14,18H,4-5,7,10H2,1-3H3. The summed E-state index contributed by atoms with van der Waals surface area (Å²) in [5.41, 5.74) is 1.20. The second-order valence-electron chi connectivity index (χ2n) is 4.88. The molecule has 18 heavy (non-hydrogen) atoms. The van der Waals surface area contributed by atoms with Gasteiger partial charge < -0.3 is 5.32 Å². The molecule has 3 heteroatoms. The monoisotopic (exact) mass is 331 g/mol. The van der Waals surface area contributed by atoms with E-state index in [-0.39, 0.29) is 0 Å². The SMILES string of the molecule is CCCC(C)CC(NCC)c1cccc(Br)c1Cl. The van der Waals surface area contributed by atoms with Crippen LogP contribution in [0.5, 0.6) is 0 Å². The highest BCUT2D eigenvalue weighted by Gasteiger charge is 2.17. The van der Waals surface area contributed by atoms with Crippen molar-refractivity contribution in [1.29, 1.82) is 0 Å². The molecule has 1 N–H and O–H groups in total. The predicted molar refractivity (Wildman–Crippen MR) is 84.3 cm³/mol. The average Bonchev–Trinajstić information content (AvgIpc) is 2.32. The summed E-state index contributed by atoms with van der Waals surface area (Å²) in [6.07, 6.45) is 3.65. The third-order valence-corrected chi connectivity index (χ3v) is 4.54. The first-order chi connectivity index (χ1) is 8.60. The fraction of sp³-hybridized carbons (Fsp3) is 0.600. The Bertz CT molecular complexity index is 368. The fourth-order valence-corrected chi connectivity index (χ4v) is 3.01. The van der Waals surface area contributed by atoms with Crippen LogP contribution in [-0.2, 0) is 0 Å². The number of rotatable bonds is 7. The molecule has 0 aliphatic heterocycles. The third kappa shape index (κ3) is 4.56. The van der Waals surface area contributed by atoms with Crippen molar-refractivity contribution in [3.05, 3.63) is 33.3 Å². The van der Waals surface area contributed by atoms with Gasteiger partial charge in [0.15, 0.2) is 0 Å². The zero-order valence-corrected chi connectivity index (χ0v) is 13.8. The van der Waals surface area contributed by atoms with Crippen molar-refractivity contribution in [1.82, 2.24) is 5.32 Å². The molecule has 0 saturated carbocycles. The Hall–Kier alpha value is -0.0500. The van der Waals surface area contributed by atoms with E-state index >= 15 is 0 Å². The molecule has 2 unspecified atom stereocenters. The molecule has 0 aromatic heterocycles. The minimum Gasteiger partial charge on any atom is -0.310 e. The van der Waals surface area contributed by atoms with Gasteiger partial charge in [-0.05, 0) is 46.4 Å². The summed E-state index contributed by atoms with van der Waals surface area (Å²) in [6.45, 7) is 7.67. The highest BCUT2D eigenvalue weighted by atomic mass is 79.9. The van der Waals surface area contributed by atoms with Gasteiger partial charge in [0, 0.05) is 10.5 Å². The van der Waals surface area contributed by atoms with Crippen LogP contribution in [0.2, 0.25) is 5.02 Å². The first kappa shape index (κ1) is 16.0. The van der Waals surface area contributed by atoms with Gasteiger partial charge in [0.05, 0.1) is 5.02 Å². The van der Waals surface area contributed by atoms with Crippen LogP contribution < -0.4 is 5.32 Å². The van der Waals surface area contributed by atoms with Crippen molar-refractivity contribution in [2.45, 2.75) is 46.1 Å². The van der Waals surface area contributed by atoms with Gasteiger partial charge in [-0.3, -0.25) is 0 Å². The zero-order chi connectivity index (χ0) is 13.5. The van der Waals surface area contributed by atoms with Gasteiger partial charge in [-0.1, -0.05) is 57.3 Å². The van der Waals surface area contributed by atoms with E-state index in [0.29, 0.717) is 12.0 Å². The first-order valence-corrected chi connectivity index (χ1v) is 7.94. The van der Waals surface area contributed by atoms with E-state index in [4.69, 9.17) is 11.6 Å². The second-order valence-corrected chi connectivity index (χ2v) is 6.12. The number of benzene rings is 1. The molecule has 0 spiro atoms. The molecule has 102 valence electrons. The largest absolute Gasteiger partial charge is 0.310 e. The summed E-state index contributed by atoms with van der Waals surface area (Å²) in [6, 6.07) is 6.52. The summed E-state index contributed by atoms with van der Waals surface area (Å²) >= 11 is 9.90. The molecule has 0 fully saturated rings. The Labute approximate surface area is 124 Å². The van der Waals surface area contributed by atoms with Crippen molar-refractivity contribution in [3.8, 4) is 0 Å². The summed E-state index contributed by atoms with van der Waals surface area (Å²) < 4.78 is 0.979. The Balaban J connectivity index is 2.86. The Kier molecular flexibility index (Phi) is 7.28. The van der Waals surface area contributed by atoms with E-state index in [0.717, 1.165) is 22.5 Å². The van der Waals surface area contributed by atoms with Crippen molar-refractivity contribution in [2.24, 2.45) is 5.92 Å². The quantitative estimate of drug-likeness (QED) is 0.687. The van der Waals surface area contributed by atoms with Gasteiger partial charge >= 0.3 is 0 Å². The summed E-state index contributed by atoms with van der Waals surface area (Å²) in [5, 5.41) is 4.39. The highest BCUT2D eigenvalue weighted by molar-refractivity contribution is 9.10. The average molecular weight is 333 g/mol. The van der Waals surface area contributed by atoms with Crippen molar-refractivity contribution >= 4 is 27.5 Å². The van der Waals surface area contributed by atoms with Crippen LogP contribution in [0.4, 0.5) is 0 Å². The molecule has 1 aromatic rings. The van der Waals surface area contributed by atoms with E-state index < -0.39 is 0 Å². The van der Waals surface area contributed by atoms with Crippen molar-refractivity contribution < 1.29 is 0 Å². The van der Waals surface area contributed by atoms with Gasteiger partial charge in [-0.2, -0.15) is 0 Å². The third-order valence-electron chi connectivity index (χ3n) is 3.23. The molecule has 1 rings (SSSR count). The normalized spacial score (nSPS) is 14.5. The van der Waals surface area contributed by atoms with Gasteiger partial charge in [0.1, 0.15) is 0 Å². The predicted octanol–water partition coefficient (Wildman–Crippen LogP) is 5.58. The number of hydrogen-bond donors (Lipinski definition) is 1. The molecule has 2 atom stereocenters. The minimum absolute atomic E-state index is 0.349. The molecular formula is C15H23BrClN. The van der Waals surface area contributed by atoms with Gasteiger partial charge in [-0.15, -0.1) is 0 Å². The maximum absolute atomic E-state index is 6.40. The van der Waals surface area contributed by atoms with E-state index in [1.165, 1.54) is 18.4 Å². The highest BCUT2D eigenvalue weighted by Crippen LogP contribution is 2.33. The van der Waals surface area contributed by atoms with Crippen molar-refractivity contribution in [2.75, 3.05) is 6.54 Å². The first-order valence-electron chi connectivity index (χ1n) is 6.77. The Morgan fingerprint density at radius 1 is 1.33 bits per heavy atom. The lowest BCUT2D eigenvalue weighted by Crippen LogP contribution is -2.23. The minimum atomic E-state index is 0.349. The zero-order valence-electron chi connectivity index (χ0n) is 11.5. The van der Waals surface area contributed by atoms with E-state index in [2.05, 4.69) is 54.2 Å². The second kappa shape index (κ2) is 8.19. The molecule has 0 bridgehead atoms. The van der Waals surface area contributed by atoms with Crippen LogP contribution in [0.1, 0.15) is 51.6 Å². The van der Waals surface area contributed by atoms with Crippen LogP contribution >= 0.6 is 27.5 Å². The molecule has 0 heterocycles. The van der Waals surface area contributed by atoms with Gasteiger partial charge in [0.2, 0.25) is 0 Å². The summed E-state index contributed by atoms with van der Waals surface area (Å²) in [5.74, 6) is 0.717. The molecule has 0 aliphatic rings.